The van der Waals surface area contributed by atoms with Crippen LogP contribution in [0.1, 0.15) is 20.7 Å². The molecule has 1 aromatic carbocycles. The maximum absolute atomic E-state index is 13.0. The first-order valence-corrected chi connectivity index (χ1v) is 4.03. The summed E-state index contributed by atoms with van der Waals surface area (Å²) in [7, 11) is 0. The summed E-state index contributed by atoms with van der Waals surface area (Å²) in [6, 6.07) is 2.20. The Morgan fingerprint density at radius 2 is 2.15 bits per heavy atom. The third-order valence-electron chi connectivity index (χ3n) is 1.42. The van der Waals surface area contributed by atoms with Gasteiger partial charge in [0.1, 0.15) is 6.29 Å². The van der Waals surface area contributed by atoms with Gasteiger partial charge in [0.25, 0.3) is 0 Å². The van der Waals surface area contributed by atoms with E-state index in [1.54, 1.807) is 0 Å². The molecular formula is C8H4BrFO3. The van der Waals surface area contributed by atoms with Gasteiger partial charge >= 0.3 is 5.97 Å². The number of aromatic carboxylic acids is 1. The van der Waals surface area contributed by atoms with Crippen molar-refractivity contribution in [2.24, 2.45) is 0 Å². The van der Waals surface area contributed by atoms with Crippen LogP contribution in [0.15, 0.2) is 16.6 Å². The minimum absolute atomic E-state index is 0.0329. The second-order valence-electron chi connectivity index (χ2n) is 2.29. The van der Waals surface area contributed by atoms with Crippen LogP contribution in [0.25, 0.3) is 0 Å². The van der Waals surface area contributed by atoms with E-state index in [0.717, 1.165) is 6.07 Å². The molecular weight excluding hydrogens is 243 g/mol. The number of aldehydes is 1. The van der Waals surface area contributed by atoms with Crippen LogP contribution in [-0.2, 0) is 0 Å². The summed E-state index contributed by atoms with van der Waals surface area (Å²) in [5, 5.41) is 8.53. The van der Waals surface area contributed by atoms with E-state index in [1.165, 1.54) is 6.07 Å². The third-order valence-corrected chi connectivity index (χ3v) is 1.99. The minimum atomic E-state index is -1.40. The Morgan fingerprint density at radius 3 is 2.62 bits per heavy atom. The summed E-state index contributed by atoms with van der Waals surface area (Å²) < 4.78 is 13.0. The Bertz CT molecular complexity index is 376. The predicted octanol–water partition coefficient (Wildman–Crippen LogP) is 2.10. The van der Waals surface area contributed by atoms with Crippen molar-refractivity contribution in [3.63, 3.8) is 0 Å². The highest BCUT2D eigenvalue weighted by atomic mass is 79.9. The van der Waals surface area contributed by atoms with Gasteiger partial charge < -0.3 is 5.11 Å². The fourth-order valence-electron chi connectivity index (χ4n) is 0.834. The number of hydrogen-bond donors (Lipinski definition) is 1. The molecule has 1 aromatic rings. The molecule has 0 saturated heterocycles. The Kier molecular flexibility index (Phi) is 2.77. The highest BCUT2D eigenvalue weighted by Crippen LogP contribution is 2.20. The van der Waals surface area contributed by atoms with Crippen LogP contribution in [-0.4, -0.2) is 17.4 Å². The molecule has 0 heterocycles. The van der Waals surface area contributed by atoms with Gasteiger partial charge in [-0.05, 0) is 28.1 Å². The standard InChI is InChI=1S/C8H4BrFO3/c9-6-2-4(3-11)1-5(7(6)10)8(12)13/h1-3H,(H,12,13). The highest BCUT2D eigenvalue weighted by molar-refractivity contribution is 9.10. The lowest BCUT2D eigenvalue weighted by atomic mass is 10.1. The van der Waals surface area contributed by atoms with Crippen LogP contribution >= 0.6 is 15.9 Å². The van der Waals surface area contributed by atoms with Crippen LogP contribution in [0.2, 0.25) is 0 Å². The Morgan fingerprint density at radius 1 is 1.54 bits per heavy atom. The Hall–Kier alpha value is -1.23. The lowest BCUT2D eigenvalue weighted by Crippen LogP contribution is -2.02. The zero-order valence-corrected chi connectivity index (χ0v) is 7.84. The molecule has 0 bridgehead atoms. The van der Waals surface area contributed by atoms with E-state index >= 15 is 0 Å². The van der Waals surface area contributed by atoms with E-state index in [1.807, 2.05) is 0 Å². The quantitative estimate of drug-likeness (QED) is 0.814. The van der Waals surface area contributed by atoms with Gasteiger partial charge in [-0.2, -0.15) is 0 Å². The van der Waals surface area contributed by atoms with Crippen molar-refractivity contribution in [2.75, 3.05) is 0 Å². The number of carbonyl (C=O) groups is 2. The van der Waals surface area contributed by atoms with E-state index < -0.39 is 17.3 Å². The molecule has 0 saturated carbocycles. The molecule has 0 atom stereocenters. The number of carbonyl (C=O) groups excluding carboxylic acids is 1. The monoisotopic (exact) mass is 246 g/mol. The van der Waals surface area contributed by atoms with E-state index in [2.05, 4.69) is 15.9 Å². The van der Waals surface area contributed by atoms with Gasteiger partial charge in [0.2, 0.25) is 0 Å². The Labute approximate surface area is 81.3 Å². The third kappa shape index (κ3) is 1.92. The molecule has 13 heavy (non-hydrogen) atoms. The van der Waals surface area contributed by atoms with Crippen LogP contribution in [0, 0.1) is 5.82 Å². The minimum Gasteiger partial charge on any atom is -0.478 e. The van der Waals surface area contributed by atoms with E-state index in [-0.39, 0.29) is 10.0 Å². The lowest BCUT2D eigenvalue weighted by Gasteiger charge is -2.00. The fraction of sp³-hybridized carbons (Fsp3) is 0. The van der Waals surface area contributed by atoms with Gasteiger partial charge in [-0.1, -0.05) is 0 Å². The Balaban J connectivity index is 3.41. The first-order valence-electron chi connectivity index (χ1n) is 3.23. The molecule has 0 fully saturated rings. The molecule has 0 radical (unpaired) electrons. The molecule has 0 aliphatic carbocycles. The molecule has 1 N–H and O–H groups in total. The summed E-state index contributed by atoms with van der Waals surface area (Å²) in [6.45, 7) is 0. The number of carboxylic acid groups (broad SMARTS) is 1. The molecule has 0 amide bonds. The summed E-state index contributed by atoms with van der Waals surface area (Å²) in [6.07, 6.45) is 0.455. The van der Waals surface area contributed by atoms with Crippen molar-refractivity contribution in [3.8, 4) is 0 Å². The second-order valence-corrected chi connectivity index (χ2v) is 3.14. The first kappa shape index (κ1) is 9.85. The molecule has 0 aromatic heterocycles. The average molecular weight is 247 g/mol. The first-order chi connectivity index (χ1) is 6.06. The zero-order chi connectivity index (χ0) is 10.0. The lowest BCUT2D eigenvalue weighted by molar-refractivity contribution is 0.0691. The summed E-state index contributed by atoms with van der Waals surface area (Å²) >= 11 is 2.81. The average Bonchev–Trinajstić information content (AvgIpc) is 2.09. The van der Waals surface area contributed by atoms with Gasteiger partial charge in [-0.3, -0.25) is 4.79 Å². The maximum atomic E-state index is 13.0. The number of carboxylic acids is 1. The van der Waals surface area contributed by atoms with Gasteiger partial charge in [0, 0.05) is 5.56 Å². The van der Waals surface area contributed by atoms with Gasteiger partial charge in [0.15, 0.2) is 5.82 Å². The van der Waals surface area contributed by atoms with Crippen LogP contribution < -0.4 is 0 Å². The van der Waals surface area contributed by atoms with Crippen molar-refractivity contribution in [3.05, 3.63) is 33.5 Å². The van der Waals surface area contributed by atoms with E-state index in [9.17, 15) is 14.0 Å². The normalized spacial score (nSPS) is 9.69. The molecule has 1 rings (SSSR count). The molecule has 0 aliphatic heterocycles. The molecule has 0 aliphatic rings. The van der Waals surface area contributed by atoms with Crippen molar-refractivity contribution in [1.29, 1.82) is 0 Å². The van der Waals surface area contributed by atoms with Crippen LogP contribution in [0.5, 0.6) is 0 Å². The fourth-order valence-corrected chi connectivity index (χ4v) is 1.31. The van der Waals surface area contributed by atoms with Crippen molar-refractivity contribution < 1.29 is 19.1 Å². The van der Waals surface area contributed by atoms with Crippen molar-refractivity contribution >= 4 is 28.2 Å². The largest absolute Gasteiger partial charge is 0.478 e. The van der Waals surface area contributed by atoms with Gasteiger partial charge in [0.05, 0.1) is 10.0 Å². The van der Waals surface area contributed by atoms with Gasteiger partial charge in [-0.25, -0.2) is 9.18 Å². The summed E-state index contributed by atoms with van der Waals surface area (Å²) in [5.74, 6) is -2.28. The number of halogens is 2. The summed E-state index contributed by atoms with van der Waals surface area (Å²) in [5.41, 5.74) is -0.401. The van der Waals surface area contributed by atoms with Crippen molar-refractivity contribution in [2.45, 2.75) is 0 Å². The zero-order valence-electron chi connectivity index (χ0n) is 6.25. The highest BCUT2D eigenvalue weighted by Gasteiger charge is 2.14. The molecule has 3 nitrogen and oxygen atoms in total. The predicted molar refractivity (Wildman–Crippen MR) is 46.4 cm³/mol. The second kappa shape index (κ2) is 3.66. The van der Waals surface area contributed by atoms with E-state index in [4.69, 9.17) is 5.11 Å². The van der Waals surface area contributed by atoms with Gasteiger partial charge in [-0.15, -0.1) is 0 Å². The maximum Gasteiger partial charge on any atom is 0.338 e. The number of rotatable bonds is 2. The topological polar surface area (TPSA) is 54.4 Å². The molecule has 68 valence electrons. The molecule has 5 heteroatoms. The molecule has 0 spiro atoms. The SMILES string of the molecule is O=Cc1cc(Br)c(F)c(C(=O)O)c1. The number of benzene rings is 1. The number of hydrogen-bond acceptors (Lipinski definition) is 2. The molecule has 0 unspecified atom stereocenters. The smallest absolute Gasteiger partial charge is 0.338 e. The summed E-state index contributed by atoms with van der Waals surface area (Å²) in [4.78, 5) is 20.8. The van der Waals surface area contributed by atoms with Crippen molar-refractivity contribution in [1.82, 2.24) is 0 Å². The van der Waals surface area contributed by atoms with E-state index in [0.29, 0.717) is 6.29 Å². The van der Waals surface area contributed by atoms with Crippen LogP contribution in [0.3, 0.4) is 0 Å². The van der Waals surface area contributed by atoms with Crippen LogP contribution in [0.4, 0.5) is 4.39 Å².